The van der Waals surface area contributed by atoms with Gasteiger partial charge < -0.3 is 0 Å². The molecule has 2 nitrogen and oxygen atoms in total. The molecule has 0 aromatic heterocycles. The Morgan fingerprint density at radius 1 is 1.47 bits per heavy atom. The van der Waals surface area contributed by atoms with Gasteiger partial charge in [-0.15, -0.1) is 11.8 Å². The van der Waals surface area contributed by atoms with Crippen molar-refractivity contribution in [2.45, 2.75) is 37.6 Å². The number of hydrogen-bond acceptors (Lipinski definition) is 3. The van der Waals surface area contributed by atoms with Gasteiger partial charge >= 0.3 is 0 Å². The first-order valence-electron chi connectivity index (χ1n) is 6.00. The molecule has 1 aromatic carbocycles. The normalized spacial score (nSPS) is 14.6. The topological polar surface area (TPSA) is 38.0 Å². The van der Waals surface area contributed by atoms with Gasteiger partial charge in [-0.3, -0.25) is 11.3 Å². The van der Waals surface area contributed by atoms with Crippen LogP contribution in [0, 0.1) is 11.7 Å². The van der Waals surface area contributed by atoms with E-state index >= 15 is 0 Å². The smallest absolute Gasteiger partial charge is 0.124 e. The van der Waals surface area contributed by atoms with E-state index in [2.05, 4.69) is 19.3 Å². The van der Waals surface area contributed by atoms with E-state index < -0.39 is 0 Å². The Labute approximate surface area is 107 Å². The number of nitrogens with one attached hydrogen (secondary N) is 1. The van der Waals surface area contributed by atoms with Crippen molar-refractivity contribution in [2.24, 2.45) is 11.8 Å². The largest absolute Gasteiger partial charge is 0.271 e. The number of hydrogen-bond donors (Lipinski definition) is 2. The monoisotopic (exact) mass is 256 g/mol. The molecule has 0 aliphatic heterocycles. The Morgan fingerprint density at radius 3 is 2.82 bits per heavy atom. The van der Waals surface area contributed by atoms with Crippen molar-refractivity contribution in [3.8, 4) is 0 Å². The second-order valence-corrected chi connectivity index (χ2v) is 5.47. The third kappa shape index (κ3) is 5.52. The third-order valence-electron chi connectivity index (χ3n) is 2.87. The second-order valence-electron chi connectivity index (χ2n) is 4.38. The minimum Gasteiger partial charge on any atom is -0.271 e. The highest BCUT2D eigenvalue weighted by Crippen LogP contribution is 2.21. The quantitative estimate of drug-likeness (QED) is 0.447. The van der Waals surface area contributed by atoms with Gasteiger partial charge in [0, 0.05) is 16.7 Å². The summed E-state index contributed by atoms with van der Waals surface area (Å²) >= 11 is 1.64. The number of rotatable bonds is 7. The Hall–Kier alpha value is -0.580. The molecular formula is C13H21FN2S. The van der Waals surface area contributed by atoms with Gasteiger partial charge in [-0.25, -0.2) is 4.39 Å². The van der Waals surface area contributed by atoms with Crippen LogP contribution in [0.5, 0.6) is 0 Å². The van der Waals surface area contributed by atoms with E-state index in [0.717, 1.165) is 23.5 Å². The summed E-state index contributed by atoms with van der Waals surface area (Å²) < 4.78 is 13.0. The van der Waals surface area contributed by atoms with Crippen molar-refractivity contribution in [1.82, 2.24) is 5.43 Å². The molecule has 0 fully saturated rings. The van der Waals surface area contributed by atoms with Gasteiger partial charge in [0.2, 0.25) is 0 Å². The Morgan fingerprint density at radius 2 is 2.24 bits per heavy atom. The standard InChI is InChI=1S/C13H21FN2S/c1-3-10(2)7-12(16-15)9-17-13-6-4-5-11(14)8-13/h4-6,8,10,12,16H,3,7,9,15H2,1-2H3. The second kappa shape index (κ2) is 7.69. The van der Waals surface area contributed by atoms with Gasteiger partial charge in [-0.1, -0.05) is 26.3 Å². The highest BCUT2D eigenvalue weighted by atomic mass is 32.2. The Bertz CT molecular complexity index is 333. The van der Waals surface area contributed by atoms with Crippen LogP contribution in [0.15, 0.2) is 29.2 Å². The molecule has 0 heterocycles. The SMILES string of the molecule is CCC(C)CC(CSc1cccc(F)c1)NN. The summed E-state index contributed by atoms with van der Waals surface area (Å²) in [6, 6.07) is 6.95. The first-order chi connectivity index (χ1) is 8.15. The average molecular weight is 256 g/mol. The number of nitrogens with two attached hydrogens (primary N) is 1. The zero-order chi connectivity index (χ0) is 12.7. The van der Waals surface area contributed by atoms with Crippen molar-refractivity contribution < 1.29 is 4.39 Å². The van der Waals surface area contributed by atoms with Crippen LogP contribution in [0.1, 0.15) is 26.7 Å². The lowest BCUT2D eigenvalue weighted by molar-refractivity contribution is 0.423. The molecule has 0 saturated carbocycles. The average Bonchev–Trinajstić information content (AvgIpc) is 2.34. The number of hydrazine groups is 1. The predicted molar refractivity (Wildman–Crippen MR) is 72.3 cm³/mol. The molecule has 0 spiro atoms. The molecule has 0 saturated heterocycles. The highest BCUT2D eigenvalue weighted by Gasteiger charge is 2.11. The molecule has 3 N–H and O–H groups in total. The van der Waals surface area contributed by atoms with Crippen molar-refractivity contribution in [2.75, 3.05) is 5.75 Å². The summed E-state index contributed by atoms with van der Waals surface area (Å²) in [5, 5.41) is 0. The van der Waals surface area contributed by atoms with Gasteiger partial charge in [0.15, 0.2) is 0 Å². The van der Waals surface area contributed by atoms with E-state index in [1.165, 1.54) is 6.07 Å². The highest BCUT2D eigenvalue weighted by molar-refractivity contribution is 7.99. The lowest BCUT2D eigenvalue weighted by Crippen LogP contribution is -2.38. The van der Waals surface area contributed by atoms with E-state index in [-0.39, 0.29) is 11.9 Å². The van der Waals surface area contributed by atoms with E-state index in [1.54, 1.807) is 23.9 Å². The molecule has 0 amide bonds. The maximum atomic E-state index is 13.0. The molecule has 1 rings (SSSR count). The van der Waals surface area contributed by atoms with Crippen LogP contribution in [0.2, 0.25) is 0 Å². The fourth-order valence-corrected chi connectivity index (χ4v) is 2.59. The maximum absolute atomic E-state index is 13.0. The number of halogens is 1. The van der Waals surface area contributed by atoms with Crippen molar-refractivity contribution >= 4 is 11.8 Å². The lowest BCUT2D eigenvalue weighted by Gasteiger charge is -2.19. The summed E-state index contributed by atoms with van der Waals surface area (Å²) in [6.45, 7) is 4.40. The van der Waals surface area contributed by atoms with Crippen LogP contribution in [-0.2, 0) is 0 Å². The zero-order valence-electron chi connectivity index (χ0n) is 10.4. The first-order valence-corrected chi connectivity index (χ1v) is 6.98. The Balaban J connectivity index is 2.42. The van der Waals surface area contributed by atoms with E-state index in [9.17, 15) is 4.39 Å². The fraction of sp³-hybridized carbons (Fsp3) is 0.538. The molecule has 17 heavy (non-hydrogen) atoms. The summed E-state index contributed by atoms with van der Waals surface area (Å²) in [7, 11) is 0. The van der Waals surface area contributed by atoms with Crippen LogP contribution >= 0.6 is 11.8 Å². The third-order valence-corrected chi connectivity index (χ3v) is 4.02. The van der Waals surface area contributed by atoms with Crippen LogP contribution in [0.25, 0.3) is 0 Å². The van der Waals surface area contributed by atoms with Crippen LogP contribution < -0.4 is 11.3 Å². The van der Waals surface area contributed by atoms with E-state index in [1.807, 2.05) is 6.07 Å². The predicted octanol–water partition coefficient (Wildman–Crippen LogP) is 3.19. The Kier molecular flexibility index (Phi) is 6.55. The first kappa shape index (κ1) is 14.5. The van der Waals surface area contributed by atoms with Crippen molar-refractivity contribution in [3.05, 3.63) is 30.1 Å². The van der Waals surface area contributed by atoms with Gasteiger partial charge in [0.1, 0.15) is 5.82 Å². The van der Waals surface area contributed by atoms with Gasteiger partial charge in [-0.2, -0.15) is 0 Å². The molecule has 1 aromatic rings. The molecular weight excluding hydrogens is 235 g/mol. The van der Waals surface area contributed by atoms with E-state index in [0.29, 0.717) is 5.92 Å². The lowest BCUT2D eigenvalue weighted by atomic mass is 10.0. The molecule has 0 aliphatic carbocycles. The minimum atomic E-state index is -0.186. The summed E-state index contributed by atoms with van der Waals surface area (Å²) in [6.07, 6.45) is 2.21. The van der Waals surface area contributed by atoms with Gasteiger partial charge in [-0.05, 0) is 30.5 Å². The molecule has 2 atom stereocenters. The van der Waals surface area contributed by atoms with Gasteiger partial charge in [0.25, 0.3) is 0 Å². The number of thioether (sulfide) groups is 1. The van der Waals surface area contributed by atoms with Crippen molar-refractivity contribution in [3.63, 3.8) is 0 Å². The van der Waals surface area contributed by atoms with Gasteiger partial charge in [0.05, 0.1) is 0 Å². The molecule has 4 heteroatoms. The maximum Gasteiger partial charge on any atom is 0.124 e. The molecule has 0 bridgehead atoms. The minimum absolute atomic E-state index is 0.186. The molecule has 0 aliphatic rings. The van der Waals surface area contributed by atoms with E-state index in [4.69, 9.17) is 5.84 Å². The summed E-state index contributed by atoms with van der Waals surface area (Å²) in [5.74, 6) is 6.87. The summed E-state index contributed by atoms with van der Waals surface area (Å²) in [5.41, 5.74) is 2.84. The number of benzene rings is 1. The van der Waals surface area contributed by atoms with Crippen molar-refractivity contribution in [1.29, 1.82) is 0 Å². The molecule has 96 valence electrons. The molecule has 2 unspecified atom stereocenters. The van der Waals surface area contributed by atoms with Crippen LogP contribution in [-0.4, -0.2) is 11.8 Å². The van der Waals surface area contributed by atoms with Crippen LogP contribution in [0.4, 0.5) is 4.39 Å². The fourth-order valence-electron chi connectivity index (χ4n) is 1.59. The van der Waals surface area contributed by atoms with Crippen LogP contribution in [0.3, 0.4) is 0 Å². The zero-order valence-corrected chi connectivity index (χ0v) is 11.3. The molecule has 0 radical (unpaired) electrons. The summed E-state index contributed by atoms with van der Waals surface area (Å²) in [4.78, 5) is 0.953.